The van der Waals surface area contributed by atoms with E-state index < -0.39 is 5.60 Å². The van der Waals surface area contributed by atoms with E-state index in [0.717, 1.165) is 30.4 Å². The molecule has 2 aliphatic carbocycles. The van der Waals surface area contributed by atoms with Crippen molar-refractivity contribution in [1.29, 1.82) is 0 Å². The van der Waals surface area contributed by atoms with Crippen LogP contribution in [0.25, 0.3) is 0 Å². The highest BCUT2D eigenvalue weighted by Gasteiger charge is 2.45. The molecule has 0 saturated heterocycles. The van der Waals surface area contributed by atoms with Crippen molar-refractivity contribution in [2.24, 2.45) is 11.3 Å². The van der Waals surface area contributed by atoms with Crippen molar-refractivity contribution in [1.82, 2.24) is 0 Å². The van der Waals surface area contributed by atoms with Crippen LogP contribution in [0.15, 0.2) is 23.3 Å². The molecule has 0 aromatic heterocycles. The highest BCUT2D eigenvalue weighted by atomic mass is 16.3. The standard InChI is InChI=1S/C15H22O2/c1-10-5-7-14(2,3)11-6-8-15(4,17)12(11)9-13(10)16/h5,9,11,17H,6-8H2,1-4H3/b10-5-,12-9+/t11-,15+/m1/s1. The zero-order valence-corrected chi connectivity index (χ0v) is 11.2. The molecule has 2 heteroatoms. The first-order chi connectivity index (χ1) is 7.74. The molecule has 0 aromatic rings. The normalized spacial score (nSPS) is 42.9. The lowest BCUT2D eigenvalue weighted by molar-refractivity contribution is -0.111. The third kappa shape index (κ3) is 2.11. The summed E-state index contributed by atoms with van der Waals surface area (Å²) in [4.78, 5) is 12.0. The number of carbonyl (C=O) groups is 1. The van der Waals surface area contributed by atoms with Gasteiger partial charge in [0.25, 0.3) is 0 Å². The summed E-state index contributed by atoms with van der Waals surface area (Å²) in [6, 6.07) is 0. The fourth-order valence-electron chi connectivity index (χ4n) is 3.08. The SMILES string of the molecule is C/C1=C/CC(C)(C)[C@@H]2CC[C@](C)(O)/C2=C/C1=O. The molecule has 94 valence electrons. The van der Waals surface area contributed by atoms with Gasteiger partial charge in [-0.15, -0.1) is 0 Å². The van der Waals surface area contributed by atoms with E-state index in [1.807, 2.05) is 19.9 Å². The minimum absolute atomic E-state index is 0.0580. The van der Waals surface area contributed by atoms with Crippen LogP contribution >= 0.6 is 0 Å². The molecule has 0 radical (unpaired) electrons. The quantitative estimate of drug-likeness (QED) is 0.699. The Bertz CT molecular complexity index is 411. The van der Waals surface area contributed by atoms with Gasteiger partial charge in [0.2, 0.25) is 0 Å². The molecule has 2 atom stereocenters. The Kier molecular flexibility index (Phi) is 2.81. The van der Waals surface area contributed by atoms with Crippen LogP contribution in [0, 0.1) is 11.3 Å². The molecule has 1 fully saturated rings. The van der Waals surface area contributed by atoms with Gasteiger partial charge in [-0.2, -0.15) is 0 Å². The summed E-state index contributed by atoms with van der Waals surface area (Å²) in [7, 11) is 0. The van der Waals surface area contributed by atoms with Gasteiger partial charge < -0.3 is 5.11 Å². The minimum Gasteiger partial charge on any atom is -0.386 e. The Labute approximate surface area is 103 Å². The second kappa shape index (κ2) is 3.81. The second-order valence-electron chi connectivity index (χ2n) is 6.41. The Morgan fingerprint density at radius 1 is 1.35 bits per heavy atom. The van der Waals surface area contributed by atoms with Gasteiger partial charge in [-0.25, -0.2) is 0 Å². The van der Waals surface area contributed by atoms with E-state index in [-0.39, 0.29) is 11.2 Å². The van der Waals surface area contributed by atoms with Crippen molar-refractivity contribution in [2.75, 3.05) is 0 Å². The van der Waals surface area contributed by atoms with Crippen molar-refractivity contribution in [3.63, 3.8) is 0 Å². The van der Waals surface area contributed by atoms with E-state index in [2.05, 4.69) is 13.8 Å². The average Bonchev–Trinajstić information content (AvgIpc) is 2.51. The zero-order chi connectivity index (χ0) is 12.8. The lowest BCUT2D eigenvalue weighted by Crippen LogP contribution is -2.31. The first-order valence-electron chi connectivity index (χ1n) is 6.39. The highest BCUT2D eigenvalue weighted by molar-refractivity contribution is 6.04. The number of carbonyl (C=O) groups excluding carboxylic acids is 1. The molecular weight excluding hydrogens is 212 g/mol. The summed E-state index contributed by atoms with van der Waals surface area (Å²) >= 11 is 0. The summed E-state index contributed by atoms with van der Waals surface area (Å²) in [6.45, 7) is 8.15. The maximum Gasteiger partial charge on any atom is 0.181 e. The van der Waals surface area contributed by atoms with Gasteiger partial charge >= 0.3 is 0 Å². The summed E-state index contributed by atoms with van der Waals surface area (Å²) in [6.07, 6.45) is 6.38. The maximum atomic E-state index is 12.0. The van der Waals surface area contributed by atoms with Crippen molar-refractivity contribution in [3.05, 3.63) is 23.3 Å². The molecule has 2 nitrogen and oxygen atoms in total. The second-order valence-corrected chi connectivity index (χ2v) is 6.41. The Morgan fingerprint density at radius 2 is 2.00 bits per heavy atom. The molecule has 2 rings (SSSR count). The summed E-state index contributed by atoms with van der Waals surface area (Å²) in [5.41, 5.74) is 1.07. The van der Waals surface area contributed by atoms with Gasteiger partial charge in [0.05, 0.1) is 5.60 Å². The fraction of sp³-hybridized carbons (Fsp3) is 0.667. The third-order valence-corrected chi connectivity index (χ3v) is 4.47. The molecule has 0 aliphatic heterocycles. The summed E-state index contributed by atoms with van der Waals surface area (Å²) in [5.74, 6) is 0.383. The van der Waals surface area contributed by atoms with Crippen LogP contribution in [0.1, 0.15) is 47.0 Å². The molecule has 1 saturated carbocycles. The largest absolute Gasteiger partial charge is 0.386 e. The molecule has 1 N–H and O–H groups in total. The van der Waals surface area contributed by atoms with Crippen molar-refractivity contribution in [3.8, 4) is 0 Å². The van der Waals surface area contributed by atoms with Gasteiger partial charge in [-0.05, 0) is 61.7 Å². The highest BCUT2D eigenvalue weighted by Crippen LogP contribution is 2.50. The van der Waals surface area contributed by atoms with E-state index in [1.54, 1.807) is 6.08 Å². The number of rotatable bonds is 0. The number of hydrogen-bond donors (Lipinski definition) is 1. The van der Waals surface area contributed by atoms with E-state index in [0.29, 0.717) is 5.92 Å². The topological polar surface area (TPSA) is 37.3 Å². The fourth-order valence-corrected chi connectivity index (χ4v) is 3.08. The van der Waals surface area contributed by atoms with Gasteiger partial charge in [-0.3, -0.25) is 4.79 Å². The van der Waals surface area contributed by atoms with Crippen LogP contribution in [-0.2, 0) is 4.79 Å². The molecule has 0 aromatic carbocycles. The van der Waals surface area contributed by atoms with Crippen LogP contribution < -0.4 is 0 Å². The van der Waals surface area contributed by atoms with Crippen LogP contribution in [-0.4, -0.2) is 16.5 Å². The number of ketones is 1. The first-order valence-corrected chi connectivity index (χ1v) is 6.39. The summed E-state index contributed by atoms with van der Waals surface area (Å²) in [5, 5.41) is 10.4. The van der Waals surface area contributed by atoms with Crippen LogP contribution in [0.3, 0.4) is 0 Å². The number of allylic oxidation sites excluding steroid dienone is 3. The minimum atomic E-state index is -0.796. The smallest absolute Gasteiger partial charge is 0.181 e. The lowest BCUT2D eigenvalue weighted by atomic mass is 9.70. The van der Waals surface area contributed by atoms with Crippen molar-refractivity contribution in [2.45, 2.75) is 52.6 Å². The number of aliphatic hydroxyl groups is 1. The van der Waals surface area contributed by atoms with E-state index in [4.69, 9.17) is 0 Å². The Morgan fingerprint density at radius 3 is 2.65 bits per heavy atom. The molecule has 0 bridgehead atoms. The third-order valence-electron chi connectivity index (χ3n) is 4.47. The Hall–Kier alpha value is -0.890. The molecule has 0 unspecified atom stereocenters. The molecule has 17 heavy (non-hydrogen) atoms. The molecular formula is C15H22O2. The number of fused-ring (bicyclic) bond motifs is 1. The predicted octanol–water partition coefficient (Wildman–Crippen LogP) is 3.02. The van der Waals surface area contributed by atoms with E-state index in [1.165, 1.54) is 0 Å². The molecule has 0 spiro atoms. The van der Waals surface area contributed by atoms with Crippen LogP contribution in [0.4, 0.5) is 0 Å². The van der Waals surface area contributed by atoms with Gasteiger partial charge in [-0.1, -0.05) is 19.9 Å². The molecule has 0 heterocycles. The molecule has 2 aliphatic rings. The molecule has 0 amide bonds. The predicted molar refractivity (Wildman–Crippen MR) is 68.6 cm³/mol. The van der Waals surface area contributed by atoms with Crippen LogP contribution in [0.2, 0.25) is 0 Å². The van der Waals surface area contributed by atoms with Crippen molar-refractivity contribution >= 4 is 5.78 Å². The van der Waals surface area contributed by atoms with Crippen LogP contribution in [0.5, 0.6) is 0 Å². The average molecular weight is 234 g/mol. The van der Waals surface area contributed by atoms with E-state index >= 15 is 0 Å². The maximum absolute atomic E-state index is 12.0. The Balaban J connectivity index is 2.50. The van der Waals surface area contributed by atoms with Crippen molar-refractivity contribution < 1.29 is 9.90 Å². The van der Waals surface area contributed by atoms with E-state index in [9.17, 15) is 9.90 Å². The van der Waals surface area contributed by atoms with Gasteiger partial charge in [0.15, 0.2) is 5.78 Å². The van der Waals surface area contributed by atoms with Gasteiger partial charge in [0.1, 0.15) is 0 Å². The van der Waals surface area contributed by atoms with Gasteiger partial charge in [0, 0.05) is 0 Å². The monoisotopic (exact) mass is 234 g/mol. The lowest BCUT2D eigenvalue weighted by Gasteiger charge is -2.35. The summed E-state index contributed by atoms with van der Waals surface area (Å²) < 4.78 is 0. The number of hydrogen-bond acceptors (Lipinski definition) is 2. The zero-order valence-electron chi connectivity index (χ0n) is 11.2. The first kappa shape index (κ1) is 12.6.